The molecule has 0 spiro atoms. The molecule has 0 aromatic heterocycles. The first-order valence-electron chi connectivity index (χ1n) is 5.56. The Bertz CT molecular complexity index is 444. The predicted molar refractivity (Wildman–Crippen MR) is 69.7 cm³/mol. The van der Waals surface area contributed by atoms with E-state index in [2.05, 4.69) is 0 Å². The molecule has 0 atom stereocenters. The molecule has 18 heavy (non-hydrogen) atoms. The first kappa shape index (κ1) is 14.2. The van der Waals surface area contributed by atoms with Crippen molar-refractivity contribution in [3.63, 3.8) is 0 Å². The second-order valence-corrected chi connectivity index (χ2v) is 4.20. The lowest BCUT2D eigenvalue weighted by Gasteiger charge is -2.21. The molecule has 0 saturated heterocycles. The highest BCUT2D eigenvalue weighted by atomic mass is 16.5. The number of ether oxygens (including phenoxy) is 1. The van der Waals surface area contributed by atoms with E-state index in [1.54, 1.807) is 36.2 Å². The topological polar surface area (TPSA) is 49.9 Å². The van der Waals surface area contributed by atoms with Gasteiger partial charge in [0, 0.05) is 7.05 Å². The van der Waals surface area contributed by atoms with E-state index >= 15 is 0 Å². The van der Waals surface area contributed by atoms with Gasteiger partial charge in [0.1, 0.15) is 0 Å². The number of hydrogen-bond acceptors (Lipinski definition) is 4. The summed E-state index contributed by atoms with van der Waals surface area (Å²) in [6.07, 6.45) is 0. The van der Waals surface area contributed by atoms with Gasteiger partial charge in [-0.05, 0) is 26.2 Å². The van der Waals surface area contributed by atoms with E-state index < -0.39 is 5.97 Å². The molecule has 0 aliphatic heterocycles. The van der Waals surface area contributed by atoms with Crippen molar-refractivity contribution in [1.29, 1.82) is 0 Å². The maximum atomic E-state index is 11.9. The molecule has 0 fully saturated rings. The van der Waals surface area contributed by atoms with Crippen molar-refractivity contribution in [1.82, 2.24) is 4.90 Å². The van der Waals surface area contributed by atoms with Gasteiger partial charge in [0.05, 0.1) is 24.9 Å². The number of carbonyl (C=O) groups is 2. The highest BCUT2D eigenvalue weighted by molar-refractivity contribution is 6.02. The molecular weight excluding hydrogens is 232 g/mol. The van der Waals surface area contributed by atoms with Crippen LogP contribution in [0.25, 0.3) is 0 Å². The lowest BCUT2D eigenvalue weighted by Crippen LogP contribution is -2.35. The Morgan fingerprint density at radius 2 is 1.78 bits per heavy atom. The minimum Gasteiger partial charge on any atom is -0.465 e. The number of amides is 1. The van der Waals surface area contributed by atoms with Crippen LogP contribution in [0, 0.1) is 0 Å². The highest BCUT2D eigenvalue weighted by Crippen LogP contribution is 2.20. The van der Waals surface area contributed by atoms with Gasteiger partial charge in [-0.25, -0.2) is 4.79 Å². The van der Waals surface area contributed by atoms with Gasteiger partial charge in [0.2, 0.25) is 5.91 Å². The molecule has 1 aromatic rings. The van der Waals surface area contributed by atoms with E-state index in [0.29, 0.717) is 11.3 Å². The minimum absolute atomic E-state index is 0.0867. The maximum Gasteiger partial charge on any atom is 0.339 e. The summed E-state index contributed by atoms with van der Waals surface area (Å²) in [5.41, 5.74) is 0.936. The number of likely N-dealkylation sites (N-methyl/N-ethyl adjacent to an activating group) is 2. The third kappa shape index (κ3) is 3.30. The first-order chi connectivity index (χ1) is 8.47. The number of rotatable bonds is 4. The number of esters is 1. The second kappa shape index (κ2) is 6.16. The van der Waals surface area contributed by atoms with Gasteiger partial charge in [0.25, 0.3) is 0 Å². The van der Waals surface area contributed by atoms with Crippen LogP contribution in [-0.4, -0.2) is 51.6 Å². The SMILES string of the molecule is COC(=O)c1ccccc1N(C)C(=O)CN(C)C. The number of carbonyl (C=O) groups excluding carboxylic acids is 2. The third-order valence-electron chi connectivity index (χ3n) is 2.50. The molecule has 1 aromatic carbocycles. The lowest BCUT2D eigenvalue weighted by molar-refractivity contribution is -0.118. The zero-order valence-electron chi connectivity index (χ0n) is 11.1. The van der Waals surface area contributed by atoms with Crippen LogP contribution in [-0.2, 0) is 9.53 Å². The summed E-state index contributed by atoms with van der Waals surface area (Å²) in [6, 6.07) is 6.88. The Morgan fingerprint density at radius 3 is 2.33 bits per heavy atom. The zero-order chi connectivity index (χ0) is 13.7. The molecule has 0 unspecified atom stereocenters. The Balaban J connectivity index is 3.02. The lowest BCUT2D eigenvalue weighted by atomic mass is 10.1. The molecule has 5 heteroatoms. The Kier molecular flexibility index (Phi) is 4.85. The van der Waals surface area contributed by atoms with Gasteiger partial charge in [0.15, 0.2) is 0 Å². The quantitative estimate of drug-likeness (QED) is 0.748. The maximum absolute atomic E-state index is 11.9. The number of nitrogens with zero attached hydrogens (tertiary/aromatic N) is 2. The van der Waals surface area contributed by atoms with Crippen LogP contribution in [0.2, 0.25) is 0 Å². The van der Waals surface area contributed by atoms with Crippen molar-refractivity contribution >= 4 is 17.6 Å². The van der Waals surface area contributed by atoms with Crippen LogP contribution in [0.15, 0.2) is 24.3 Å². The molecule has 98 valence electrons. The van der Waals surface area contributed by atoms with Crippen molar-refractivity contribution < 1.29 is 14.3 Å². The first-order valence-corrected chi connectivity index (χ1v) is 5.56. The van der Waals surface area contributed by atoms with Crippen molar-refractivity contribution in [2.45, 2.75) is 0 Å². The largest absolute Gasteiger partial charge is 0.465 e. The normalized spacial score (nSPS) is 10.3. The average molecular weight is 250 g/mol. The summed E-state index contributed by atoms with van der Waals surface area (Å²) < 4.78 is 4.70. The summed E-state index contributed by atoms with van der Waals surface area (Å²) in [5.74, 6) is -0.536. The monoisotopic (exact) mass is 250 g/mol. The number of anilines is 1. The van der Waals surface area contributed by atoms with Gasteiger partial charge < -0.3 is 14.5 Å². The molecule has 1 rings (SSSR count). The second-order valence-electron chi connectivity index (χ2n) is 4.20. The van der Waals surface area contributed by atoms with Crippen molar-refractivity contribution in [2.24, 2.45) is 0 Å². The van der Waals surface area contributed by atoms with Crippen molar-refractivity contribution in [3.05, 3.63) is 29.8 Å². The van der Waals surface area contributed by atoms with Crippen LogP contribution in [0.3, 0.4) is 0 Å². The number of benzene rings is 1. The van der Waals surface area contributed by atoms with E-state index in [1.807, 2.05) is 14.1 Å². The van der Waals surface area contributed by atoms with E-state index in [9.17, 15) is 9.59 Å². The predicted octanol–water partition coefficient (Wildman–Crippen LogP) is 0.998. The molecule has 0 radical (unpaired) electrons. The number of methoxy groups -OCH3 is 1. The van der Waals surface area contributed by atoms with E-state index in [0.717, 1.165) is 0 Å². The minimum atomic E-state index is -0.449. The highest BCUT2D eigenvalue weighted by Gasteiger charge is 2.18. The Labute approximate surface area is 107 Å². The van der Waals surface area contributed by atoms with Gasteiger partial charge in [-0.1, -0.05) is 12.1 Å². The number of para-hydroxylation sites is 1. The van der Waals surface area contributed by atoms with Crippen LogP contribution in [0.1, 0.15) is 10.4 Å². The van der Waals surface area contributed by atoms with Gasteiger partial charge in [-0.15, -0.1) is 0 Å². The summed E-state index contributed by atoms with van der Waals surface area (Å²) in [5, 5.41) is 0. The number of hydrogen-bond donors (Lipinski definition) is 0. The van der Waals surface area contributed by atoms with E-state index in [1.165, 1.54) is 12.0 Å². The van der Waals surface area contributed by atoms with Crippen LogP contribution < -0.4 is 4.90 Å². The third-order valence-corrected chi connectivity index (χ3v) is 2.50. The fraction of sp³-hybridized carbons (Fsp3) is 0.385. The van der Waals surface area contributed by atoms with Crippen LogP contribution in [0.5, 0.6) is 0 Å². The molecule has 0 heterocycles. The fourth-order valence-electron chi connectivity index (χ4n) is 1.56. The zero-order valence-corrected chi connectivity index (χ0v) is 11.1. The molecule has 0 saturated carbocycles. The molecule has 0 N–H and O–H groups in total. The Morgan fingerprint density at radius 1 is 1.17 bits per heavy atom. The summed E-state index contributed by atoms with van der Waals surface area (Å²) >= 11 is 0. The van der Waals surface area contributed by atoms with Crippen molar-refractivity contribution in [2.75, 3.05) is 39.7 Å². The summed E-state index contributed by atoms with van der Waals surface area (Å²) in [6.45, 7) is 0.284. The van der Waals surface area contributed by atoms with Gasteiger partial charge in [-0.3, -0.25) is 4.79 Å². The summed E-state index contributed by atoms with van der Waals surface area (Å²) in [4.78, 5) is 26.8. The fourth-order valence-corrected chi connectivity index (χ4v) is 1.56. The molecule has 0 aliphatic rings. The van der Waals surface area contributed by atoms with Gasteiger partial charge in [-0.2, -0.15) is 0 Å². The van der Waals surface area contributed by atoms with E-state index in [-0.39, 0.29) is 12.5 Å². The summed E-state index contributed by atoms with van der Waals surface area (Å²) in [7, 11) is 6.60. The molecule has 0 aliphatic carbocycles. The van der Waals surface area contributed by atoms with Crippen LogP contribution >= 0.6 is 0 Å². The molecule has 1 amide bonds. The van der Waals surface area contributed by atoms with Crippen molar-refractivity contribution in [3.8, 4) is 0 Å². The Hall–Kier alpha value is -1.88. The van der Waals surface area contributed by atoms with E-state index in [4.69, 9.17) is 4.74 Å². The smallest absolute Gasteiger partial charge is 0.339 e. The van der Waals surface area contributed by atoms with Crippen LogP contribution in [0.4, 0.5) is 5.69 Å². The van der Waals surface area contributed by atoms with Gasteiger partial charge >= 0.3 is 5.97 Å². The average Bonchev–Trinajstić information content (AvgIpc) is 2.36. The standard InChI is InChI=1S/C13H18N2O3/c1-14(2)9-12(16)15(3)11-8-6-5-7-10(11)13(17)18-4/h5-8H,9H2,1-4H3. The molecule has 5 nitrogen and oxygen atoms in total. The molecular formula is C13H18N2O3. The molecule has 0 bridgehead atoms.